The average molecular weight is 331 g/mol. The molecule has 0 bridgehead atoms. The van der Waals surface area contributed by atoms with Crippen molar-refractivity contribution in [1.82, 2.24) is 5.32 Å². The maximum absolute atomic E-state index is 12.6. The molecule has 4 aromatic rings. The van der Waals surface area contributed by atoms with E-state index >= 15 is 0 Å². The summed E-state index contributed by atoms with van der Waals surface area (Å²) in [5, 5.41) is 9.19. The Hall–Kier alpha value is -3.14. The SMILES string of the molecule is CCOC(=O)CNC(=O)c1ccc2ccc3cccc4ccc1c2c34. The van der Waals surface area contributed by atoms with E-state index in [0.29, 0.717) is 12.2 Å². The summed E-state index contributed by atoms with van der Waals surface area (Å²) >= 11 is 0. The van der Waals surface area contributed by atoms with Crippen LogP contribution in [0.5, 0.6) is 0 Å². The van der Waals surface area contributed by atoms with Crippen LogP contribution in [0.4, 0.5) is 0 Å². The number of hydrogen-bond acceptors (Lipinski definition) is 3. The summed E-state index contributed by atoms with van der Waals surface area (Å²) in [4.78, 5) is 24.1. The Kier molecular flexibility index (Phi) is 3.73. The van der Waals surface area contributed by atoms with Gasteiger partial charge in [0.25, 0.3) is 5.91 Å². The van der Waals surface area contributed by atoms with Crippen LogP contribution < -0.4 is 5.32 Å². The van der Waals surface area contributed by atoms with Gasteiger partial charge in [-0.3, -0.25) is 9.59 Å². The number of rotatable bonds is 4. The standard InChI is InChI=1S/C21H17NO3/c1-2-25-18(23)12-22-21(24)17-11-9-15-7-6-13-4-3-5-14-8-10-16(17)20(15)19(13)14/h3-11H,2,12H2,1H3,(H,22,24). The summed E-state index contributed by atoms with van der Waals surface area (Å²) < 4.78 is 4.85. The lowest BCUT2D eigenvalue weighted by Gasteiger charge is -2.13. The quantitative estimate of drug-likeness (QED) is 0.456. The van der Waals surface area contributed by atoms with Crippen molar-refractivity contribution in [3.63, 3.8) is 0 Å². The van der Waals surface area contributed by atoms with Crippen LogP contribution >= 0.6 is 0 Å². The number of carbonyl (C=O) groups is 2. The lowest BCUT2D eigenvalue weighted by molar-refractivity contribution is -0.141. The molecule has 0 aliphatic rings. The molecule has 4 heteroatoms. The van der Waals surface area contributed by atoms with Crippen LogP contribution in [0, 0.1) is 0 Å². The summed E-state index contributed by atoms with van der Waals surface area (Å²) in [6, 6.07) is 18.1. The van der Waals surface area contributed by atoms with Gasteiger partial charge in [-0.15, -0.1) is 0 Å². The van der Waals surface area contributed by atoms with E-state index in [0.717, 1.165) is 32.3 Å². The fourth-order valence-corrected chi connectivity index (χ4v) is 3.39. The predicted molar refractivity (Wildman–Crippen MR) is 99.1 cm³/mol. The van der Waals surface area contributed by atoms with Gasteiger partial charge in [-0.2, -0.15) is 0 Å². The minimum absolute atomic E-state index is 0.130. The minimum Gasteiger partial charge on any atom is -0.465 e. The van der Waals surface area contributed by atoms with Crippen LogP contribution in [0.25, 0.3) is 32.3 Å². The Morgan fingerprint density at radius 3 is 2.24 bits per heavy atom. The molecular weight excluding hydrogens is 314 g/mol. The third-order valence-corrected chi connectivity index (χ3v) is 4.47. The normalized spacial score (nSPS) is 11.2. The van der Waals surface area contributed by atoms with Crippen molar-refractivity contribution in [2.75, 3.05) is 13.2 Å². The molecule has 0 saturated carbocycles. The highest BCUT2D eigenvalue weighted by molar-refractivity contribution is 6.26. The Bertz CT molecular complexity index is 1080. The molecule has 4 aromatic carbocycles. The summed E-state index contributed by atoms with van der Waals surface area (Å²) in [5.41, 5.74) is 0.565. The molecule has 0 radical (unpaired) electrons. The van der Waals surface area contributed by atoms with Gasteiger partial charge in [0, 0.05) is 5.56 Å². The highest BCUT2D eigenvalue weighted by Crippen LogP contribution is 2.35. The van der Waals surface area contributed by atoms with E-state index in [1.165, 1.54) is 0 Å². The van der Waals surface area contributed by atoms with Crippen molar-refractivity contribution < 1.29 is 14.3 Å². The molecule has 0 saturated heterocycles. The molecule has 0 aromatic heterocycles. The zero-order chi connectivity index (χ0) is 17.4. The highest BCUT2D eigenvalue weighted by Gasteiger charge is 2.15. The largest absolute Gasteiger partial charge is 0.465 e. The van der Waals surface area contributed by atoms with Gasteiger partial charge in [0.15, 0.2) is 0 Å². The van der Waals surface area contributed by atoms with Crippen LogP contribution in [0.1, 0.15) is 17.3 Å². The molecule has 0 heterocycles. The molecule has 4 nitrogen and oxygen atoms in total. The number of amides is 1. The third-order valence-electron chi connectivity index (χ3n) is 4.47. The first-order chi connectivity index (χ1) is 12.2. The fourth-order valence-electron chi connectivity index (χ4n) is 3.39. The Balaban J connectivity index is 1.82. The van der Waals surface area contributed by atoms with Crippen LogP contribution in [0.2, 0.25) is 0 Å². The van der Waals surface area contributed by atoms with E-state index in [9.17, 15) is 9.59 Å². The highest BCUT2D eigenvalue weighted by atomic mass is 16.5. The molecule has 1 amide bonds. The van der Waals surface area contributed by atoms with E-state index in [-0.39, 0.29) is 12.5 Å². The molecule has 0 spiro atoms. The van der Waals surface area contributed by atoms with Crippen molar-refractivity contribution in [1.29, 1.82) is 0 Å². The first-order valence-electron chi connectivity index (χ1n) is 8.29. The minimum atomic E-state index is -0.437. The molecule has 0 aliphatic heterocycles. The van der Waals surface area contributed by atoms with Crippen molar-refractivity contribution in [2.24, 2.45) is 0 Å². The maximum Gasteiger partial charge on any atom is 0.325 e. The van der Waals surface area contributed by atoms with Crippen LogP contribution in [0.15, 0.2) is 54.6 Å². The van der Waals surface area contributed by atoms with Crippen molar-refractivity contribution >= 4 is 44.2 Å². The summed E-state index contributed by atoms with van der Waals surface area (Å²) in [6.07, 6.45) is 0. The van der Waals surface area contributed by atoms with Gasteiger partial charge in [0.2, 0.25) is 0 Å². The number of benzene rings is 4. The van der Waals surface area contributed by atoms with Crippen molar-refractivity contribution in [3.8, 4) is 0 Å². The van der Waals surface area contributed by atoms with Crippen LogP contribution in [-0.4, -0.2) is 25.0 Å². The van der Waals surface area contributed by atoms with Gasteiger partial charge in [-0.25, -0.2) is 0 Å². The number of hydrogen-bond donors (Lipinski definition) is 1. The van der Waals surface area contributed by atoms with Crippen molar-refractivity contribution in [2.45, 2.75) is 6.92 Å². The first-order valence-corrected chi connectivity index (χ1v) is 8.29. The zero-order valence-corrected chi connectivity index (χ0v) is 13.8. The van der Waals surface area contributed by atoms with Gasteiger partial charge in [0.1, 0.15) is 6.54 Å². The van der Waals surface area contributed by atoms with Crippen molar-refractivity contribution in [3.05, 3.63) is 60.2 Å². The topological polar surface area (TPSA) is 55.4 Å². The molecule has 25 heavy (non-hydrogen) atoms. The maximum atomic E-state index is 12.6. The molecule has 0 fully saturated rings. The number of carbonyl (C=O) groups excluding carboxylic acids is 2. The second-order valence-electron chi connectivity index (χ2n) is 5.96. The number of ether oxygens (including phenoxy) is 1. The van der Waals surface area contributed by atoms with Crippen LogP contribution in [-0.2, 0) is 9.53 Å². The van der Waals surface area contributed by atoms with E-state index in [2.05, 4.69) is 29.6 Å². The van der Waals surface area contributed by atoms with E-state index in [4.69, 9.17) is 4.74 Å². The van der Waals surface area contributed by atoms with E-state index in [1.54, 1.807) is 6.92 Å². The molecule has 124 valence electrons. The molecule has 1 N–H and O–H groups in total. The van der Waals surface area contributed by atoms with Gasteiger partial charge in [0.05, 0.1) is 6.61 Å². The summed E-state index contributed by atoms with van der Waals surface area (Å²) in [5.74, 6) is -0.709. The molecule has 4 rings (SSSR count). The second-order valence-corrected chi connectivity index (χ2v) is 5.96. The van der Waals surface area contributed by atoms with Gasteiger partial charge < -0.3 is 10.1 Å². The monoisotopic (exact) mass is 331 g/mol. The lowest BCUT2D eigenvalue weighted by atomic mass is 9.92. The van der Waals surface area contributed by atoms with Gasteiger partial charge in [-0.1, -0.05) is 48.5 Å². The number of nitrogens with one attached hydrogen (secondary N) is 1. The van der Waals surface area contributed by atoms with Gasteiger partial charge >= 0.3 is 5.97 Å². The fraction of sp³-hybridized carbons (Fsp3) is 0.143. The average Bonchev–Trinajstić information content (AvgIpc) is 2.64. The third kappa shape index (κ3) is 2.56. The van der Waals surface area contributed by atoms with Crippen LogP contribution in [0.3, 0.4) is 0 Å². The second kappa shape index (κ2) is 6.06. The summed E-state index contributed by atoms with van der Waals surface area (Å²) in [6.45, 7) is 1.91. The Labute approximate surface area is 144 Å². The predicted octanol–water partition coefficient (Wildman–Crippen LogP) is 3.88. The van der Waals surface area contributed by atoms with Gasteiger partial charge in [-0.05, 0) is 45.3 Å². The van der Waals surface area contributed by atoms with E-state index < -0.39 is 5.97 Å². The Morgan fingerprint density at radius 2 is 1.52 bits per heavy atom. The molecule has 0 unspecified atom stereocenters. The smallest absolute Gasteiger partial charge is 0.325 e. The lowest BCUT2D eigenvalue weighted by Crippen LogP contribution is -2.30. The zero-order valence-electron chi connectivity index (χ0n) is 13.8. The number of esters is 1. The van der Waals surface area contributed by atoms with E-state index in [1.807, 2.05) is 30.3 Å². The molecule has 0 aliphatic carbocycles. The Morgan fingerprint density at radius 1 is 0.880 bits per heavy atom. The molecule has 0 atom stereocenters. The molecular formula is C21H17NO3. The first kappa shape index (κ1) is 15.4. The summed E-state index contributed by atoms with van der Waals surface area (Å²) in [7, 11) is 0.